The number of carbonyl (C=O) groups is 1. The van der Waals surface area contributed by atoms with E-state index in [2.05, 4.69) is 51.4 Å². The second-order valence-electron chi connectivity index (χ2n) is 6.96. The lowest BCUT2D eigenvalue weighted by atomic mass is 10.1. The number of aliphatic carboxylic acids is 1. The summed E-state index contributed by atoms with van der Waals surface area (Å²) in [6.07, 6.45) is -0.407. The van der Waals surface area contributed by atoms with Crippen molar-refractivity contribution in [1.82, 2.24) is 20.1 Å². The van der Waals surface area contributed by atoms with Gasteiger partial charge in [-0.3, -0.25) is 15.0 Å². The predicted molar refractivity (Wildman–Crippen MR) is 103 cm³/mol. The number of ether oxygens (including phenoxy) is 1. The van der Waals surface area contributed by atoms with Gasteiger partial charge in [0.05, 0.1) is 18.9 Å². The van der Waals surface area contributed by atoms with Crippen LogP contribution in [-0.4, -0.2) is 51.0 Å². The summed E-state index contributed by atoms with van der Waals surface area (Å²) in [5, 5.41) is 17.2. The fourth-order valence-electron chi connectivity index (χ4n) is 3.15. The molecular weight excluding hydrogens is 401 g/mol. The highest BCUT2D eigenvalue weighted by Crippen LogP contribution is 2.20. The number of nitrogens with one attached hydrogen (secondary N) is 1. The van der Waals surface area contributed by atoms with E-state index in [4.69, 9.17) is 14.6 Å². The summed E-state index contributed by atoms with van der Waals surface area (Å²) in [6, 6.07) is 8.59. The van der Waals surface area contributed by atoms with Crippen molar-refractivity contribution in [2.24, 2.45) is 0 Å². The first-order chi connectivity index (χ1) is 14.2. The minimum Gasteiger partial charge on any atom is -0.475 e. The summed E-state index contributed by atoms with van der Waals surface area (Å²) in [5.74, 6) is -2.76. The second kappa shape index (κ2) is 9.23. The SMILES string of the molecule is CN(Cc1ccc2cnccc2c1)Cc1n[nH]c2c1COCC2.O=C(O)C(F)(F)F. The molecular formula is C20H21F3N4O3. The van der Waals surface area contributed by atoms with Gasteiger partial charge in [-0.25, -0.2) is 4.79 Å². The molecule has 30 heavy (non-hydrogen) atoms. The van der Waals surface area contributed by atoms with Crippen LogP contribution >= 0.6 is 0 Å². The molecule has 0 aliphatic carbocycles. The van der Waals surface area contributed by atoms with Crippen molar-refractivity contribution in [3.8, 4) is 0 Å². The van der Waals surface area contributed by atoms with Crippen molar-refractivity contribution in [3.05, 3.63) is 59.2 Å². The van der Waals surface area contributed by atoms with Crippen LogP contribution in [0.15, 0.2) is 36.7 Å². The van der Waals surface area contributed by atoms with E-state index >= 15 is 0 Å². The zero-order chi connectivity index (χ0) is 21.7. The topological polar surface area (TPSA) is 91.3 Å². The van der Waals surface area contributed by atoms with Gasteiger partial charge in [0.1, 0.15) is 0 Å². The number of nitrogens with zero attached hydrogens (tertiary/aromatic N) is 3. The van der Waals surface area contributed by atoms with Crippen molar-refractivity contribution in [3.63, 3.8) is 0 Å². The number of alkyl halides is 3. The Kier molecular flexibility index (Phi) is 6.68. The zero-order valence-corrected chi connectivity index (χ0v) is 16.2. The van der Waals surface area contributed by atoms with E-state index in [9.17, 15) is 13.2 Å². The molecule has 2 N–H and O–H groups in total. The van der Waals surface area contributed by atoms with Gasteiger partial charge in [0.25, 0.3) is 0 Å². The molecule has 10 heteroatoms. The summed E-state index contributed by atoms with van der Waals surface area (Å²) < 4.78 is 37.3. The van der Waals surface area contributed by atoms with E-state index in [-0.39, 0.29) is 0 Å². The fourth-order valence-corrected chi connectivity index (χ4v) is 3.15. The first-order valence-corrected chi connectivity index (χ1v) is 9.18. The molecule has 7 nitrogen and oxygen atoms in total. The summed E-state index contributed by atoms with van der Waals surface area (Å²) in [6.45, 7) is 3.18. The maximum atomic E-state index is 10.6. The van der Waals surface area contributed by atoms with Gasteiger partial charge in [-0.05, 0) is 30.1 Å². The molecule has 3 aromatic rings. The maximum absolute atomic E-state index is 10.6. The molecule has 2 aromatic heterocycles. The highest BCUT2D eigenvalue weighted by molar-refractivity contribution is 5.82. The third-order valence-electron chi connectivity index (χ3n) is 4.60. The molecule has 0 fully saturated rings. The predicted octanol–water partition coefficient (Wildman–Crippen LogP) is 3.30. The second-order valence-corrected chi connectivity index (χ2v) is 6.96. The number of carboxylic acids is 1. The Labute approximate surface area is 170 Å². The molecule has 0 spiro atoms. The van der Waals surface area contributed by atoms with Crippen molar-refractivity contribution in [1.29, 1.82) is 0 Å². The summed E-state index contributed by atoms with van der Waals surface area (Å²) in [5.41, 5.74) is 4.88. The Morgan fingerprint density at radius 2 is 2.03 bits per heavy atom. The minimum atomic E-state index is -5.08. The van der Waals surface area contributed by atoms with Crippen molar-refractivity contribution in [2.75, 3.05) is 13.7 Å². The Morgan fingerprint density at radius 3 is 2.77 bits per heavy atom. The van der Waals surface area contributed by atoms with Crippen molar-refractivity contribution < 1.29 is 27.8 Å². The lowest BCUT2D eigenvalue weighted by molar-refractivity contribution is -0.192. The minimum absolute atomic E-state index is 0.679. The lowest BCUT2D eigenvalue weighted by Gasteiger charge is -2.18. The number of pyridine rings is 1. The molecule has 0 saturated carbocycles. The van der Waals surface area contributed by atoms with Crippen molar-refractivity contribution >= 4 is 16.7 Å². The third-order valence-corrected chi connectivity index (χ3v) is 4.60. The van der Waals surface area contributed by atoms with Crippen LogP contribution in [-0.2, 0) is 35.6 Å². The van der Waals surface area contributed by atoms with Crippen LogP contribution in [0, 0.1) is 0 Å². The van der Waals surface area contributed by atoms with Gasteiger partial charge < -0.3 is 9.84 Å². The summed E-state index contributed by atoms with van der Waals surface area (Å²) >= 11 is 0. The molecule has 0 atom stereocenters. The van der Waals surface area contributed by atoms with Gasteiger partial charge >= 0.3 is 12.1 Å². The van der Waals surface area contributed by atoms with Crippen LogP contribution in [0.2, 0.25) is 0 Å². The van der Waals surface area contributed by atoms with Crippen LogP contribution in [0.4, 0.5) is 13.2 Å². The highest BCUT2D eigenvalue weighted by atomic mass is 19.4. The molecule has 1 aliphatic heterocycles. The first kappa shape index (κ1) is 21.7. The maximum Gasteiger partial charge on any atom is 0.490 e. The van der Waals surface area contributed by atoms with E-state index in [1.54, 1.807) is 0 Å². The Morgan fingerprint density at radius 1 is 1.27 bits per heavy atom. The van der Waals surface area contributed by atoms with E-state index in [0.29, 0.717) is 6.61 Å². The van der Waals surface area contributed by atoms with Gasteiger partial charge in [-0.1, -0.05) is 12.1 Å². The molecule has 1 aromatic carbocycles. The van der Waals surface area contributed by atoms with Crippen LogP contribution in [0.25, 0.3) is 10.8 Å². The highest BCUT2D eigenvalue weighted by Gasteiger charge is 2.38. The fraction of sp³-hybridized carbons (Fsp3) is 0.350. The number of hydrogen-bond donors (Lipinski definition) is 2. The molecule has 0 saturated heterocycles. The number of halogens is 3. The number of rotatable bonds is 4. The largest absolute Gasteiger partial charge is 0.490 e. The first-order valence-electron chi connectivity index (χ1n) is 9.18. The number of H-pyrrole nitrogens is 1. The standard InChI is InChI=1S/C18H20N4O.C2HF3O2/c1-22(11-18-16-12-23-7-5-17(16)20-21-18)10-13-2-3-15-9-19-6-4-14(15)8-13;3-2(4,5)1(6)7/h2-4,6,8-9H,5,7,10-12H2,1H3,(H,20,21);(H,6,7). The molecule has 0 bridgehead atoms. The Hall–Kier alpha value is -2.98. The van der Waals surface area contributed by atoms with E-state index < -0.39 is 12.1 Å². The van der Waals surface area contributed by atoms with E-state index in [0.717, 1.165) is 31.8 Å². The Bertz CT molecular complexity index is 1020. The molecule has 0 radical (unpaired) electrons. The van der Waals surface area contributed by atoms with Crippen LogP contribution < -0.4 is 0 Å². The molecule has 4 rings (SSSR count). The zero-order valence-electron chi connectivity index (χ0n) is 16.2. The normalized spacial score (nSPS) is 13.6. The summed E-state index contributed by atoms with van der Waals surface area (Å²) in [4.78, 5) is 15.3. The van der Waals surface area contributed by atoms with Gasteiger partial charge in [-0.15, -0.1) is 0 Å². The number of aromatic amines is 1. The number of carboxylic acid groups (broad SMARTS) is 1. The van der Waals surface area contributed by atoms with Crippen LogP contribution in [0.5, 0.6) is 0 Å². The monoisotopic (exact) mass is 422 g/mol. The average Bonchev–Trinajstić information content (AvgIpc) is 3.10. The smallest absolute Gasteiger partial charge is 0.475 e. The van der Waals surface area contributed by atoms with Gasteiger partial charge in [0, 0.05) is 48.5 Å². The number of benzene rings is 1. The van der Waals surface area contributed by atoms with Gasteiger partial charge in [0.15, 0.2) is 0 Å². The molecule has 0 amide bonds. The quantitative estimate of drug-likeness (QED) is 0.671. The molecule has 3 heterocycles. The van der Waals surface area contributed by atoms with E-state index in [1.807, 2.05) is 12.4 Å². The van der Waals surface area contributed by atoms with Crippen LogP contribution in [0.1, 0.15) is 22.5 Å². The molecule has 1 aliphatic rings. The van der Waals surface area contributed by atoms with Gasteiger partial charge in [-0.2, -0.15) is 18.3 Å². The molecule has 160 valence electrons. The van der Waals surface area contributed by atoms with Crippen molar-refractivity contribution in [2.45, 2.75) is 32.3 Å². The average molecular weight is 422 g/mol. The van der Waals surface area contributed by atoms with E-state index in [1.165, 1.54) is 27.6 Å². The third kappa shape index (κ3) is 5.55. The molecule has 0 unspecified atom stereocenters. The van der Waals surface area contributed by atoms with Gasteiger partial charge in [0.2, 0.25) is 0 Å². The summed E-state index contributed by atoms with van der Waals surface area (Å²) in [7, 11) is 2.13. The lowest BCUT2D eigenvalue weighted by Crippen LogP contribution is -2.21. The van der Waals surface area contributed by atoms with Crippen LogP contribution in [0.3, 0.4) is 0 Å². The number of fused-ring (bicyclic) bond motifs is 2. The number of aromatic nitrogens is 3. The number of hydrogen-bond acceptors (Lipinski definition) is 5. The Balaban J connectivity index is 0.000000318.